The molecular formula is C17H21N3O3S. The summed E-state index contributed by atoms with van der Waals surface area (Å²) in [6.45, 7) is 2.23. The summed E-state index contributed by atoms with van der Waals surface area (Å²) in [5.74, 6) is 0. The van der Waals surface area contributed by atoms with Crippen LogP contribution in [0.2, 0.25) is 0 Å². The van der Waals surface area contributed by atoms with E-state index >= 15 is 0 Å². The second-order valence-electron chi connectivity index (χ2n) is 5.51. The Morgan fingerprint density at radius 1 is 1.50 bits per heavy atom. The number of nitrogens with zero attached hydrogens (tertiary/aromatic N) is 2. The number of amides is 2. The molecule has 0 bridgehead atoms. The van der Waals surface area contributed by atoms with Gasteiger partial charge in [0.25, 0.3) is 0 Å². The van der Waals surface area contributed by atoms with E-state index in [-0.39, 0.29) is 12.1 Å². The zero-order valence-corrected chi connectivity index (χ0v) is 14.4. The van der Waals surface area contributed by atoms with E-state index in [9.17, 15) is 4.79 Å². The van der Waals surface area contributed by atoms with Crippen LogP contribution >= 0.6 is 11.3 Å². The van der Waals surface area contributed by atoms with Crippen LogP contribution in [0.3, 0.4) is 0 Å². The minimum absolute atomic E-state index is 0.107. The molecule has 6 nitrogen and oxygen atoms in total. The Morgan fingerprint density at radius 2 is 2.38 bits per heavy atom. The van der Waals surface area contributed by atoms with Crippen LogP contribution in [0, 0.1) is 0 Å². The Balaban J connectivity index is 1.64. The first-order valence-electron chi connectivity index (χ1n) is 7.91. The number of para-hydroxylation sites is 1. The van der Waals surface area contributed by atoms with Crippen LogP contribution in [0.5, 0.6) is 0 Å². The Bertz CT molecular complexity index is 663. The van der Waals surface area contributed by atoms with E-state index in [1.807, 2.05) is 29.6 Å². The number of methoxy groups -OCH3 is 1. The van der Waals surface area contributed by atoms with Gasteiger partial charge < -0.3 is 19.7 Å². The van der Waals surface area contributed by atoms with Crippen molar-refractivity contribution >= 4 is 23.1 Å². The van der Waals surface area contributed by atoms with Crippen molar-refractivity contribution in [3.63, 3.8) is 0 Å². The van der Waals surface area contributed by atoms with E-state index in [0.717, 1.165) is 22.7 Å². The molecule has 2 aromatic rings. The van der Waals surface area contributed by atoms with Gasteiger partial charge >= 0.3 is 6.03 Å². The van der Waals surface area contributed by atoms with E-state index in [1.165, 1.54) is 0 Å². The predicted octanol–water partition coefficient (Wildman–Crippen LogP) is 2.94. The lowest BCUT2D eigenvalue weighted by atomic mass is 10.1. The van der Waals surface area contributed by atoms with Gasteiger partial charge in [-0.05, 0) is 18.1 Å². The van der Waals surface area contributed by atoms with Crippen LogP contribution in [0.4, 0.5) is 10.5 Å². The highest BCUT2D eigenvalue weighted by atomic mass is 32.1. The third-order valence-corrected chi connectivity index (χ3v) is 4.78. The molecular weight excluding hydrogens is 326 g/mol. The van der Waals surface area contributed by atoms with E-state index < -0.39 is 0 Å². The smallest absolute Gasteiger partial charge is 0.322 e. The average molecular weight is 347 g/mol. The molecule has 0 aliphatic carbocycles. The first kappa shape index (κ1) is 16.9. The summed E-state index contributed by atoms with van der Waals surface area (Å²) in [4.78, 5) is 18.7. The molecule has 7 heteroatoms. The summed E-state index contributed by atoms with van der Waals surface area (Å²) < 4.78 is 10.9. The summed E-state index contributed by atoms with van der Waals surface area (Å²) in [6.07, 6.45) is 2.37. The number of rotatable bonds is 5. The van der Waals surface area contributed by atoms with E-state index in [4.69, 9.17) is 9.47 Å². The molecule has 0 radical (unpaired) electrons. The molecule has 24 heavy (non-hydrogen) atoms. The molecule has 1 atom stereocenters. The zero-order valence-electron chi connectivity index (χ0n) is 13.6. The maximum absolute atomic E-state index is 12.6. The molecule has 1 aliphatic heterocycles. The van der Waals surface area contributed by atoms with Gasteiger partial charge in [-0.25, -0.2) is 9.78 Å². The Kier molecular flexibility index (Phi) is 5.79. The quantitative estimate of drug-likeness (QED) is 0.903. The van der Waals surface area contributed by atoms with Crippen LogP contribution in [0.1, 0.15) is 16.7 Å². The highest BCUT2D eigenvalue weighted by molar-refractivity contribution is 7.09. The number of hydrogen-bond acceptors (Lipinski definition) is 5. The standard InChI is InChI=1S/C17H21N3O3S/c1-22-9-6-13-4-2-3-5-14(13)19-17(21)20-8-10-23-15(12-20)16-18-7-11-24-16/h2-5,7,11,15H,6,8-10,12H2,1H3,(H,19,21). The molecule has 1 unspecified atom stereocenters. The van der Waals surface area contributed by atoms with E-state index in [2.05, 4.69) is 10.3 Å². The van der Waals surface area contributed by atoms with Gasteiger partial charge in [0, 0.05) is 30.9 Å². The summed E-state index contributed by atoms with van der Waals surface area (Å²) in [5, 5.41) is 5.84. The average Bonchev–Trinajstić information content (AvgIpc) is 3.16. The van der Waals surface area contributed by atoms with Gasteiger partial charge in [0.2, 0.25) is 0 Å². The van der Waals surface area contributed by atoms with Crippen molar-refractivity contribution in [2.45, 2.75) is 12.5 Å². The zero-order chi connectivity index (χ0) is 16.8. The number of thiazole rings is 1. The normalized spacial score (nSPS) is 17.7. The molecule has 1 N–H and O–H groups in total. The number of ether oxygens (including phenoxy) is 2. The first-order chi connectivity index (χ1) is 11.8. The number of anilines is 1. The van der Waals surface area contributed by atoms with Gasteiger partial charge in [0.15, 0.2) is 0 Å². The molecule has 1 fully saturated rings. The molecule has 1 aromatic carbocycles. The first-order valence-corrected chi connectivity index (χ1v) is 8.79. The lowest BCUT2D eigenvalue weighted by molar-refractivity contribution is -0.0136. The number of carbonyl (C=O) groups excluding carboxylic acids is 1. The van der Waals surface area contributed by atoms with Gasteiger partial charge in [-0.1, -0.05) is 18.2 Å². The van der Waals surface area contributed by atoms with E-state index in [0.29, 0.717) is 26.3 Å². The van der Waals surface area contributed by atoms with Crippen molar-refractivity contribution in [1.29, 1.82) is 0 Å². The molecule has 2 amide bonds. The Labute approximate surface area is 145 Å². The van der Waals surface area contributed by atoms with Crippen LogP contribution in [0.15, 0.2) is 35.8 Å². The number of urea groups is 1. The fourth-order valence-corrected chi connectivity index (χ4v) is 3.32. The topological polar surface area (TPSA) is 63.7 Å². The summed E-state index contributed by atoms with van der Waals surface area (Å²) >= 11 is 1.55. The van der Waals surface area contributed by atoms with Gasteiger partial charge in [-0.2, -0.15) is 0 Å². The Morgan fingerprint density at radius 3 is 3.17 bits per heavy atom. The molecule has 1 aromatic heterocycles. The molecule has 1 saturated heterocycles. The second-order valence-corrected chi connectivity index (χ2v) is 6.43. The predicted molar refractivity (Wildman–Crippen MR) is 93.4 cm³/mol. The van der Waals surface area contributed by atoms with Crippen LogP contribution in [-0.4, -0.2) is 49.3 Å². The van der Waals surface area contributed by atoms with Crippen LogP contribution < -0.4 is 5.32 Å². The highest BCUT2D eigenvalue weighted by Gasteiger charge is 2.27. The molecule has 3 rings (SSSR count). The molecule has 1 aliphatic rings. The van der Waals surface area contributed by atoms with Crippen molar-refractivity contribution in [1.82, 2.24) is 9.88 Å². The fourth-order valence-electron chi connectivity index (χ4n) is 2.64. The van der Waals surface area contributed by atoms with Crippen molar-refractivity contribution in [2.24, 2.45) is 0 Å². The Hall–Kier alpha value is -1.96. The molecule has 0 saturated carbocycles. The third-order valence-electron chi connectivity index (χ3n) is 3.92. The van der Waals surface area contributed by atoms with E-state index in [1.54, 1.807) is 29.5 Å². The highest BCUT2D eigenvalue weighted by Crippen LogP contribution is 2.24. The number of hydrogen-bond donors (Lipinski definition) is 1. The molecule has 2 heterocycles. The largest absolute Gasteiger partial charge is 0.384 e. The minimum Gasteiger partial charge on any atom is -0.384 e. The third kappa shape index (κ3) is 4.11. The lowest BCUT2D eigenvalue weighted by Crippen LogP contribution is -2.44. The van der Waals surface area contributed by atoms with Gasteiger partial charge in [0.1, 0.15) is 11.1 Å². The minimum atomic E-state index is -0.145. The maximum Gasteiger partial charge on any atom is 0.322 e. The second kappa shape index (κ2) is 8.23. The number of morpholine rings is 1. The van der Waals surface area contributed by atoms with Crippen LogP contribution in [0.25, 0.3) is 0 Å². The fraction of sp³-hybridized carbons (Fsp3) is 0.412. The van der Waals surface area contributed by atoms with Crippen molar-refractivity contribution in [2.75, 3.05) is 38.7 Å². The van der Waals surface area contributed by atoms with Gasteiger partial charge in [0.05, 0.1) is 19.8 Å². The summed E-state index contributed by atoms with van der Waals surface area (Å²) in [5.41, 5.74) is 1.90. The van der Waals surface area contributed by atoms with Gasteiger partial charge in [-0.15, -0.1) is 11.3 Å². The SMILES string of the molecule is COCCc1ccccc1NC(=O)N1CCOC(c2nccs2)C1. The lowest BCUT2D eigenvalue weighted by Gasteiger charge is -2.32. The van der Waals surface area contributed by atoms with Crippen molar-refractivity contribution in [3.8, 4) is 0 Å². The van der Waals surface area contributed by atoms with Crippen molar-refractivity contribution in [3.05, 3.63) is 46.4 Å². The number of nitrogens with one attached hydrogen (secondary N) is 1. The maximum atomic E-state index is 12.6. The van der Waals surface area contributed by atoms with Gasteiger partial charge in [-0.3, -0.25) is 0 Å². The monoisotopic (exact) mass is 347 g/mol. The summed E-state index contributed by atoms with van der Waals surface area (Å²) in [7, 11) is 1.67. The number of carbonyl (C=O) groups is 1. The number of benzene rings is 1. The molecule has 0 spiro atoms. The summed E-state index contributed by atoms with van der Waals surface area (Å²) in [6, 6.07) is 7.70. The van der Waals surface area contributed by atoms with Crippen molar-refractivity contribution < 1.29 is 14.3 Å². The number of aromatic nitrogens is 1. The molecule has 128 valence electrons. The van der Waals surface area contributed by atoms with Crippen LogP contribution in [-0.2, 0) is 15.9 Å².